The summed E-state index contributed by atoms with van der Waals surface area (Å²) >= 11 is 8.62. The lowest BCUT2D eigenvalue weighted by atomic mass is 10.2. The number of anilines is 1. The van der Waals surface area contributed by atoms with Gasteiger partial charge in [0.2, 0.25) is 11.8 Å². The molecular formula is C21H20ClN3O3S2. The maximum absolute atomic E-state index is 12.1. The fourth-order valence-electron chi connectivity index (χ4n) is 2.46. The van der Waals surface area contributed by atoms with Gasteiger partial charge in [-0.15, -0.1) is 11.3 Å². The summed E-state index contributed by atoms with van der Waals surface area (Å²) in [6, 6.07) is 14.5. The van der Waals surface area contributed by atoms with E-state index in [0.29, 0.717) is 22.9 Å². The third-order valence-corrected chi connectivity index (χ3v) is 6.30. The van der Waals surface area contributed by atoms with E-state index in [0.717, 1.165) is 15.7 Å². The van der Waals surface area contributed by atoms with E-state index in [4.69, 9.17) is 16.3 Å². The van der Waals surface area contributed by atoms with E-state index in [-0.39, 0.29) is 24.0 Å². The fourth-order valence-corrected chi connectivity index (χ4v) is 4.24. The quantitative estimate of drug-likeness (QED) is 0.462. The lowest BCUT2D eigenvalue weighted by Crippen LogP contribution is -2.24. The molecule has 0 spiro atoms. The van der Waals surface area contributed by atoms with Gasteiger partial charge in [0.1, 0.15) is 5.75 Å². The molecule has 3 aromatic rings. The normalized spacial score (nSPS) is 10.5. The van der Waals surface area contributed by atoms with Crippen molar-refractivity contribution < 1.29 is 14.3 Å². The van der Waals surface area contributed by atoms with Gasteiger partial charge in [-0.3, -0.25) is 9.59 Å². The molecule has 156 valence electrons. The van der Waals surface area contributed by atoms with Gasteiger partial charge in [-0.1, -0.05) is 35.5 Å². The number of nitrogens with one attached hydrogen (secondary N) is 2. The van der Waals surface area contributed by atoms with E-state index in [1.165, 1.54) is 23.1 Å². The minimum absolute atomic E-state index is 0.107. The molecule has 1 heterocycles. The van der Waals surface area contributed by atoms with Gasteiger partial charge in [0, 0.05) is 22.6 Å². The lowest BCUT2D eigenvalue weighted by molar-refractivity contribution is -0.120. The van der Waals surface area contributed by atoms with E-state index in [9.17, 15) is 9.59 Å². The van der Waals surface area contributed by atoms with Crippen LogP contribution in [0.3, 0.4) is 0 Å². The summed E-state index contributed by atoms with van der Waals surface area (Å²) in [5.74, 6) is 0.739. The minimum atomic E-state index is -0.123. The molecular weight excluding hydrogens is 442 g/mol. The van der Waals surface area contributed by atoms with Crippen LogP contribution in [-0.2, 0) is 22.6 Å². The zero-order chi connectivity index (χ0) is 21.3. The van der Waals surface area contributed by atoms with Crippen molar-refractivity contribution in [3.8, 4) is 5.75 Å². The maximum atomic E-state index is 12.1. The number of methoxy groups -OCH3 is 1. The van der Waals surface area contributed by atoms with Gasteiger partial charge in [-0.05, 0) is 42.0 Å². The number of halogens is 1. The molecule has 0 bridgehead atoms. The van der Waals surface area contributed by atoms with Crippen LogP contribution in [0.1, 0.15) is 11.3 Å². The number of benzene rings is 2. The maximum Gasteiger partial charge on any atom is 0.234 e. The Kier molecular flexibility index (Phi) is 8.12. The molecule has 3 rings (SSSR count). The van der Waals surface area contributed by atoms with Gasteiger partial charge >= 0.3 is 0 Å². The van der Waals surface area contributed by atoms with Gasteiger partial charge < -0.3 is 15.4 Å². The molecule has 0 unspecified atom stereocenters. The van der Waals surface area contributed by atoms with Crippen LogP contribution in [0.15, 0.2) is 58.3 Å². The van der Waals surface area contributed by atoms with E-state index in [1.807, 2.05) is 17.5 Å². The average Bonchev–Trinajstić information content (AvgIpc) is 3.19. The van der Waals surface area contributed by atoms with Crippen molar-refractivity contribution in [1.82, 2.24) is 10.3 Å². The minimum Gasteiger partial charge on any atom is -0.497 e. The summed E-state index contributed by atoms with van der Waals surface area (Å²) in [4.78, 5) is 28.7. The molecule has 0 fully saturated rings. The van der Waals surface area contributed by atoms with Crippen LogP contribution in [0.25, 0.3) is 0 Å². The van der Waals surface area contributed by atoms with Crippen molar-refractivity contribution in [3.63, 3.8) is 0 Å². The van der Waals surface area contributed by atoms with Crippen LogP contribution in [0.2, 0.25) is 5.02 Å². The number of rotatable bonds is 9. The Balaban J connectivity index is 1.41. The molecule has 0 atom stereocenters. The van der Waals surface area contributed by atoms with Gasteiger partial charge in [-0.25, -0.2) is 4.98 Å². The molecule has 2 amide bonds. The zero-order valence-electron chi connectivity index (χ0n) is 16.2. The van der Waals surface area contributed by atoms with Crippen LogP contribution in [0, 0.1) is 0 Å². The number of nitrogens with zero attached hydrogens (tertiary/aromatic N) is 1. The first-order valence-electron chi connectivity index (χ1n) is 9.04. The monoisotopic (exact) mass is 461 g/mol. The molecule has 0 saturated carbocycles. The number of ether oxygens (including phenoxy) is 1. The molecule has 0 aliphatic heterocycles. The van der Waals surface area contributed by atoms with Gasteiger partial charge in [0.25, 0.3) is 0 Å². The van der Waals surface area contributed by atoms with E-state index in [1.54, 1.807) is 43.5 Å². The Morgan fingerprint density at radius 1 is 1.10 bits per heavy atom. The molecule has 0 saturated heterocycles. The molecule has 2 aromatic carbocycles. The Morgan fingerprint density at radius 2 is 1.83 bits per heavy atom. The van der Waals surface area contributed by atoms with Crippen molar-refractivity contribution in [1.29, 1.82) is 0 Å². The Bertz CT molecular complexity index is 991. The lowest BCUT2D eigenvalue weighted by Gasteiger charge is -2.05. The number of amides is 2. The Labute approximate surface area is 188 Å². The molecule has 0 aliphatic rings. The first kappa shape index (κ1) is 22.1. The highest BCUT2D eigenvalue weighted by atomic mass is 35.5. The first-order chi connectivity index (χ1) is 14.5. The van der Waals surface area contributed by atoms with Crippen molar-refractivity contribution in [2.75, 3.05) is 18.2 Å². The van der Waals surface area contributed by atoms with Crippen LogP contribution in [0.4, 0.5) is 5.69 Å². The topological polar surface area (TPSA) is 80.3 Å². The molecule has 9 heteroatoms. The highest BCUT2D eigenvalue weighted by Crippen LogP contribution is 2.23. The van der Waals surface area contributed by atoms with Crippen LogP contribution in [0.5, 0.6) is 5.75 Å². The summed E-state index contributed by atoms with van der Waals surface area (Å²) in [5, 5.41) is 8.19. The largest absolute Gasteiger partial charge is 0.497 e. The van der Waals surface area contributed by atoms with Gasteiger partial charge in [0.05, 0.1) is 25.0 Å². The zero-order valence-corrected chi connectivity index (χ0v) is 18.6. The number of carbonyl (C=O) groups is 2. The summed E-state index contributed by atoms with van der Waals surface area (Å²) in [6.07, 6.45) is 0.197. The average molecular weight is 462 g/mol. The predicted octanol–water partition coefficient (Wildman–Crippen LogP) is 4.39. The molecule has 2 N–H and O–H groups in total. The van der Waals surface area contributed by atoms with Crippen molar-refractivity contribution in [2.24, 2.45) is 0 Å². The summed E-state index contributed by atoms with van der Waals surface area (Å²) in [5.41, 5.74) is 2.37. The van der Waals surface area contributed by atoms with E-state index >= 15 is 0 Å². The standard InChI is InChI=1S/C21H20ClN3O3S2/c1-28-18-8-6-16(7-9-18)24-20(27)13-30-21-25-17(12-29-21)10-19(26)23-11-14-2-4-15(22)5-3-14/h2-9,12H,10-11,13H2,1H3,(H,23,26)(H,24,27). The second kappa shape index (κ2) is 11.0. The van der Waals surface area contributed by atoms with Crippen molar-refractivity contribution in [2.45, 2.75) is 17.3 Å². The van der Waals surface area contributed by atoms with Crippen molar-refractivity contribution >= 4 is 52.2 Å². The number of hydrogen-bond acceptors (Lipinski definition) is 6. The number of carbonyl (C=O) groups excluding carboxylic acids is 2. The number of thiazole rings is 1. The Hall–Kier alpha value is -2.55. The third-order valence-electron chi connectivity index (χ3n) is 3.98. The molecule has 1 aromatic heterocycles. The number of thioether (sulfide) groups is 1. The summed E-state index contributed by atoms with van der Waals surface area (Å²) < 4.78 is 5.84. The summed E-state index contributed by atoms with van der Waals surface area (Å²) in [6.45, 7) is 0.438. The second-order valence-corrected chi connectivity index (χ2v) is 8.77. The summed E-state index contributed by atoms with van der Waals surface area (Å²) in [7, 11) is 1.59. The second-order valence-electron chi connectivity index (χ2n) is 6.25. The highest BCUT2D eigenvalue weighted by Gasteiger charge is 2.10. The molecule has 0 radical (unpaired) electrons. The number of hydrogen-bond donors (Lipinski definition) is 2. The Morgan fingerprint density at radius 3 is 2.53 bits per heavy atom. The van der Waals surface area contributed by atoms with Gasteiger partial charge in [0.15, 0.2) is 4.34 Å². The third kappa shape index (κ3) is 7.05. The SMILES string of the molecule is COc1ccc(NC(=O)CSc2nc(CC(=O)NCc3ccc(Cl)cc3)cs2)cc1. The smallest absolute Gasteiger partial charge is 0.234 e. The predicted molar refractivity (Wildman–Crippen MR) is 121 cm³/mol. The van der Waals surface area contributed by atoms with E-state index < -0.39 is 0 Å². The van der Waals surface area contributed by atoms with Crippen LogP contribution >= 0.6 is 34.7 Å². The molecule has 30 heavy (non-hydrogen) atoms. The fraction of sp³-hybridized carbons (Fsp3) is 0.190. The first-order valence-corrected chi connectivity index (χ1v) is 11.3. The molecule has 0 aliphatic carbocycles. The van der Waals surface area contributed by atoms with Gasteiger partial charge in [-0.2, -0.15) is 0 Å². The number of aromatic nitrogens is 1. The van der Waals surface area contributed by atoms with Crippen LogP contribution in [-0.4, -0.2) is 29.7 Å². The van der Waals surface area contributed by atoms with Crippen LogP contribution < -0.4 is 15.4 Å². The molecule has 6 nitrogen and oxygen atoms in total. The highest BCUT2D eigenvalue weighted by molar-refractivity contribution is 8.01. The van der Waals surface area contributed by atoms with Crippen molar-refractivity contribution in [3.05, 3.63) is 70.2 Å². The van der Waals surface area contributed by atoms with E-state index in [2.05, 4.69) is 15.6 Å².